The van der Waals surface area contributed by atoms with Crippen LogP contribution in [0.15, 0.2) is 0 Å². The standard InChI is InChI=1S/C10H17N3O3/c1-10(8(15)12-9(16)13-10)7(14)6-2-4-11-5-3-6/h6-7,11,14H,2-5H2,1H3,(H2,12,13,15,16). The van der Waals surface area contributed by atoms with Crippen LogP contribution >= 0.6 is 0 Å². The van der Waals surface area contributed by atoms with Gasteiger partial charge >= 0.3 is 6.03 Å². The molecule has 6 nitrogen and oxygen atoms in total. The van der Waals surface area contributed by atoms with Gasteiger partial charge in [0.25, 0.3) is 5.91 Å². The smallest absolute Gasteiger partial charge is 0.322 e. The molecule has 6 heteroatoms. The molecule has 0 aromatic heterocycles. The number of rotatable bonds is 2. The van der Waals surface area contributed by atoms with Crippen molar-refractivity contribution in [3.05, 3.63) is 0 Å². The second kappa shape index (κ2) is 4.03. The van der Waals surface area contributed by atoms with Crippen LogP contribution in [0.5, 0.6) is 0 Å². The van der Waals surface area contributed by atoms with Crippen molar-refractivity contribution in [2.75, 3.05) is 13.1 Å². The lowest BCUT2D eigenvalue weighted by Gasteiger charge is -2.35. The van der Waals surface area contributed by atoms with Gasteiger partial charge in [0.15, 0.2) is 0 Å². The molecule has 16 heavy (non-hydrogen) atoms. The Labute approximate surface area is 93.8 Å². The van der Waals surface area contributed by atoms with E-state index in [0.717, 1.165) is 25.9 Å². The Morgan fingerprint density at radius 3 is 2.50 bits per heavy atom. The Morgan fingerprint density at radius 2 is 2.00 bits per heavy atom. The van der Waals surface area contributed by atoms with Gasteiger partial charge in [-0.05, 0) is 38.8 Å². The van der Waals surface area contributed by atoms with Crippen molar-refractivity contribution in [1.29, 1.82) is 0 Å². The van der Waals surface area contributed by atoms with E-state index in [-0.39, 0.29) is 5.92 Å². The third kappa shape index (κ3) is 1.78. The summed E-state index contributed by atoms with van der Waals surface area (Å²) in [5.41, 5.74) is -1.18. The van der Waals surface area contributed by atoms with Gasteiger partial charge in [0.2, 0.25) is 0 Å². The summed E-state index contributed by atoms with van der Waals surface area (Å²) in [5.74, 6) is -0.390. The van der Waals surface area contributed by atoms with Gasteiger partial charge in [-0.25, -0.2) is 4.79 Å². The number of hydrogen-bond acceptors (Lipinski definition) is 4. The maximum atomic E-state index is 11.6. The molecule has 2 unspecified atom stereocenters. The predicted molar refractivity (Wildman–Crippen MR) is 56.7 cm³/mol. The number of piperidine rings is 1. The van der Waals surface area contributed by atoms with E-state index in [9.17, 15) is 14.7 Å². The number of carbonyl (C=O) groups excluding carboxylic acids is 2. The first-order valence-electron chi connectivity index (χ1n) is 5.56. The first-order chi connectivity index (χ1) is 7.54. The maximum Gasteiger partial charge on any atom is 0.322 e. The minimum Gasteiger partial charge on any atom is -0.390 e. The quantitative estimate of drug-likeness (QED) is 0.453. The summed E-state index contributed by atoms with van der Waals surface area (Å²) in [6, 6.07) is -0.527. The Balaban J connectivity index is 2.10. The number of hydrogen-bond donors (Lipinski definition) is 4. The Bertz CT molecular complexity index is 314. The largest absolute Gasteiger partial charge is 0.390 e. The lowest BCUT2D eigenvalue weighted by atomic mass is 9.81. The molecule has 0 saturated carbocycles. The number of amides is 3. The minimum absolute atomic E-state index is 0.0513. The third-order valence-corrected chi connectivity index (χ3v) is 3.49. The first-order valence-corrected chi connectivity index (χ1v) is 5.56. The molecule has 0 aromatic carbocycles. The van der Waals surface area contributed by atoms with Crippen LogP contribution in [-0.2, 0) is 4.79 Å². The topological polar surface area (TPSA) is 90.5 Å². The van der Waals surface area contributed by atoms with Gasteiger partial charge in [0, 0.05) is 0 Å². The van der Waals surface area contributed by atoms with Gasteiger partial charge < -0.3 is 15.7 Å². The number of imide groups is 1. The SMILES string of the molecule is CC1(C(O)C2CCNCC2)NC(=O)NC1=O. The molecule has 2 aliphatic heterocycles. The molecule has 0 bridgehead atoms. The van der Waals surface area contributed by atoms with Crippen LogP contribution in [0.1, 0.15) is 19.8 Å². The molecule has 0 radical (unpaired) electrons. The second-order valence-electron chi connectivity index (χ2n) is 4.64. The molecule has 2 heterocycles. The number of carbonyl (C=O) groups is 2. The van der Waals surface area contributed by atoms with Crippen LogP contribution in [0.3, 0.4) is 0 Å². The summed E-state index contributed by atoms with van der Waals surface area (Å²) in [7, 11) is 0. The van der Waals surface area contributed by atoms with E-state index in [0.29, 0.717) is 0 Å². The monoisotopic (exact) mass is 227 g/mol. The Morgan fingerprint density at radius 1 is 1.38 bits per heavy atom. The molecule has 0 spiro atoms. The molecular weight excluding hydrogens is 210 g/mol. The van der Waals surface area contributed by atoms with Crippen LogP contribution < -0.4 is 16.0 Å². The second-order valence-corrected chi connectivity index (χ2v) is 4.64. The molecule has 2 fully saturated rings. The van der Waals surface area contributed by atoms with Crippen molar-refractivity contribution < 1.29 is 14.7 Å². The fraction of sp³-hybridized carbons (Fsp3) is 0.800. The van der Waals surface area contributed by atoms with Crippen molar-refractivity contribution in [2.45, 2.75) is 31.4 Å². The number of urea groups is 1. The number of aliphatic hydroxyl groups is 1. The van der Waals surface area contributed by atoms with Gasteiger partial charge in [0.1, 0.15) is 5.54 Å². The highest BCUT2D eigenvalue weighted by Gasteiger charge is 2.50. The Kier molecular flexibility index (Phi) is 2.86. The van der Waals surface area contributed by atoms with E-state index < -0.39 is 23.6 Å². The fourth-order valence-electron chi connectivity index (χ4n) is 2.40. The van der Waals surface area contributed by atoms with E-state index in [2.05, 4.69) is 16.0 Å². The predicted octanol–water partition coefficient (Wildman–Crippen LogP) is -1.05. The van der Waals surface area contributed by atoms with Gasteiger partial charge in [0.05, 0.1) is 6.10 Å². The van der Waals surface area contributed by atoms with Crippen LogP contribution in [-0.4, -0.2) is 41.8 Å². The molecule has 4 N–H and O–H groups in total. The van der Waals surface area contributed by atoms with Crippen molar-refractivity contribution in [3.63, 3.8) is 0 Å². The number of nitrogens with one attached hydrogen (secondary N) is 3. The summed E-state index contributed by atoms with van der Waals surface area (Å²) in [6.07, 6.45) is 0.806. The summed E-state index contributed by atoms with van der Waals surface area (Å²) in [4.78, 5) is 22.7. The van der Waals surface area contributed by atoms with Crippen LogP contribution in [0.25, 0.3) is 0 Å². The highest BCUT2D eigenvalue weighted by molar-refractivity contribution is 6.07. The van der Waals surface area contributed by atoms with Crippen molar-refractivity contribution in [1.82, 2.24) is 16.0 Å². The molecule has 0 aliphatic carbocycles. The Hall–Kier alpha value is -1.14. The van der Waals surface area contributed by atoms with Crippen LogP contribution in [0, 0.1) is 5.92 Å². The molecule has 3 amide bonds. The summed E-state index contributed by atoms with van der Waals surface area (Å²) in [5, 5.41) is 18.1. The van der Waals surface area contributed by atoms with E-state index >= 15 is 0 Å². The molecule has 90 valence electrons. The first kappa shape index (κ1) is 11.3. The zero-order valence-electron chi connectivity index (χ0n) is 9.25. The van der Waals surface area contributed by atoms with Gasteiger partial charge in [-0.3, -0.25) is 10.1 Å². The highest BCUT2D eigenvalue weighted by atomic mass is 16.3. The van der Waals surface area contributed by atoms with Gasteiger partial charge in [-0.2, -0.15) is 0 Å². The van der Waals surface area contributed by atoms with Crippen molar-refractivity contribution in [3.8, 4) is 0 Å². The third-order valence-electron chi connectivity index (χ3n) is 3.49. The van der Waals surface area contributed by atoms with E-state index in [4.69, 9.17) is 0 Å². The minimum atomic E-state index is -1.18. The zero-order chi connectivity index (χ0) is 11.8. The van der Waals surface area contributed by atoms with Crippen molar-refractivity contribution in [2.24, 2.45) is 5.92 Å². The highest BCUT2D eigenvalue weighted by Crippen LogP contribution is 2.26. The molecule has 2 rings (SSSR count). The van der Waals surface area contributed by atoms with Crippen molar-refractivity contribution >= 4 is 11.9 Å². The average Bonchev–Trinajstić information content (AvgIpc) is 2.54. The normalized spacial score (nSPS) is 33.4. The van der Waals surface area contributed by atoms with Crippen LogP contribution in [0.4, 0.5) is 4.79 Å². The molecule has 0 aromatic rings. The molecule has 2 aliphatic rings. The lowest BCUT2D eigenvalue weighted by molar-refractivity contribution is -0.129. The molecule has 2 saturated heterocycles. The maximum absolute atomic E-state index is 11.6. The van der Waals surface area contributed by atoms with E-state index in [1.165, 1.54) is 0 Å². The summed E-state index contributed by atoms with van der Waals surface area (Å²) < 4.78 is 0. The lowest BCUT2D eigenvalue weighted by Crippen LogP contribution is -2.57. The average molecular weight is 227 g/mol. The number of aliphatic hydroxyl groups excluding tert-OH is 1. The fourth-order valence-corrected chi connectivity index (χ4v) is 2.40. The van der Waals surface area contributed by atoms with E-state index in [1.54, 1.807) is 6.92 Å². The summed E-state index contributed by atoms with van der Waals surface area (Å²) in [6.45, 7) is 3.25. The molecular formula is C10H17N3O3. The van der Waals surface area contributed by atoms with Gasteiger partial charge in [-0.1, -0.05) is 0 Å². The molecule has 2 atom stereocenters. The summed E-state index contributed by atoms with van der Waals surface area (Å²) >= 11 is 0. The van der Waals surface area contributed by atoms with Crippen LogP contribution in [0.2, 0.25) is 0 Å². The zero-order valence-corrected chi connectivity index (χ0v) is 9.25. The van der Waals surface area contributed by atoms with Gasteiger partial charge in [-0.15, -0.1) is 0 Å². The van der Waals surface area contributed by atoms with E-state index in [1.807, 2.05) is 0 Å².